The number of carbonyl (C=O) groups excluding carboxylic acids is 1. The third-order valence-electron chi connectivity index (χ3n) is 0.841. The van der Waals surface area contributed by atoms with E-state index in [4.69, 9.17) is 5.73 Å². The number of hydrogen-bond donors (Lipinski definition) is 1. The van der Waals surface area contributed by atoms with Gasteiger partial charge in [-0.3, -0.25) is 4.79 Å². The Morgan fingerprint density at radius 2 is 2.00 bits per heavy atom. The van der Waals surface area contributed by atoms with Crippen molar-refractivity contribution in [1.29, 1.82) is 0 Å². The Labute approximate surface area is 55.1 Å². The number of primary amides is 1. The third-order valence-corrected chi connectivity index (χ3v) is 0.841. The largest absolute Gasteiger partial charge is 0.383 e. The van der Waals surface area contributed by atoms with Gasteiger partial charge in [-0.15, -0.1) is 0 Å². The predicted octanol–water partition coefficient (Wildman–Crippen LogP) is -0.0629. The molecular weight excluding hydrogens is 116 g/mol. The number of hydrogen-bond acceptors (Lipinski definition) is 2. The molecule has 9 heavy (non-hydrogen) atoms. The average Bonchev–Trinajstić information content (AvgIpc) is 1.63. The van der Waals surface area contributed by atoms with E-state index in [9.17, 15) is 4.79 Å². The van der Waals surface area contributed by atoms with Crippen LogP contribution >= 0.6 is 0 Å². The quantitative estimate of drug-likeness (QED) is 0.529. The summed E-state index contributed by atoms with van der Waals surface area (Å²) in [5, 5.41) is 0. The predicted molar refractivity (Wildman–Crippen MR) is 36.6 cm³/mol. The van der Waals surface area contributed by atoms with E-state index in [1.54, 1.807) is 18.0 Å². The van der Waals surface area contributed by atoms with Gasteiger partial charge in [0.25, 0.3) is 0 Å². The lowest BCUT2D eigenvalue weighted by molar-refractivity contribution is -0.114. The molecule has 0 unspecified atom stereocenters. The molecule has 0 heterocycles. The van der Waals surface area contributed by atoms with Crippen LogP contribution in [0.15, 0.2) is 11.8 Å². The number of rotatable bonds is 2. The number of carbonyl (C=O) groups is 1. The van der Waals surface area contributed by atoms with Crippen LogP contribution in [0.2, 0.25) is 0 Å². The first-order chi connectivity index (χ1) is 4.04. The van der Waals surface area contributed by atoms with Crippen molar-refractivity contribution in [1.82, 2.24) is 4.90 Å². The summed E-state index contributed by atoms with van der Waals surface area (Å²) < 4.78 is 0. The molecule has 0 saturated heterocycles. The standard InChI is InChI=1S/C6H12N2O/c1-5(6(7)9)4-8(2)3/h4H,1-3H3,(H2,7,9)/b5-4+. The molecule has 0 aromatic heterocycles. The summed E-state index contributed by atoms with van der Waals surface area (Å²) in [5.41, 5.74) is 5.52. The summed E-state index contributed by atoms with van der Waals surface area (Å²) in [5.74, 6) is -0.372. The first-order valence-electron chi connectivity index (χ1n) is 2.68. The molecule has 0 aliphatic heterocycles. The topological polar surface area (TPSA) is 46.3 Å². The molecule has 0 aliphatic carbocycles. The van der Waals surface area contributed by atoms with E-state index in [2.05, 4.69) is 0 Å². The molecular formula is C6H12N2O. The Kier molecular flexibility index (Phi) is 2.78. The molecule has 1 amide bonds. The molecule has 0 aliphatic rings. The van der Waals surface area contributed by atoms with Crippen molar-refractivity contribution >= 4 is 5.91 Å². The minimum Gasteiger partial charge on any atom is -0.383 e. The van der Waals surface area contributed by atoms with Crippen LogP contribution in [0.4, 0.5) is 0 Å². The lowest BCUT2D eigenvalue weighted by Gasteiger charge is -2.04. The highest BCUT2D eigenvalue weighted by Crippen LogP contribution is 1.90. The number of nitrogens with zero attached hydrogens (tertiary/aromatic N) is 1. The maximum Gasteiger partial charge on any atom is 0.245 e. The van der Waals surface area contributed by atoms with E-state index in [1.165, 1.54) is 0 Å². The van der Waals surface area contributed by atoms with Gasteiger partial charge in [0.15, 0.2) is 0 Å². The third kappa shape index (κ3) is 3.58. The van der Waals surface area contributed by atoms with Gasteiger partial charge in [-0.05, 0) is 6.92 Å². The monoisotopic (exact) mass is 128 g/mol. The summed E-state index contributed by atoms with van der Waals surface area (Å²) >= 11 is 0. The molecule has 3 heteroatoms. The van der Waals surface area contributed by atoms with E-state index in [0.29, 0.717) is 5.57 Å². The second-order valence-corrected chi connectivity index (χ2v) is 2.14. The van der Waals surface area contributed by atoms with Crippen LogP contribution in [0.1, 0.15) is 6.92 Å². The highest BCUT2D eigenvalue weighted by molar-refractivity contribution is 5.91. The van der Waals surface area contributed by atoms with Crippen molar-refractivity contribution in [3.63, 3.8) is 0 Å². The first-order valence-corrected chi connectivity index (χ1v) is 2.68. The van der Waals surface area contributed by atoms with Crippen molar-refractivity contribution < 1.29 is 4.79 Å². The van der Waals surface area contributed by atoms with Gasteiger partial charge in [0.1, 0.15) is 0 Å². The molecule has 0 atom stereocenters. The van der Waals surface area contributed by atoms with Crippen LogP contribution in [0.3, 0.4) is 0 Å². The minimum atomic E-state index is -0.372. The SMILES string of the molecule is C/C(=C\N(C)C)C(N)=O. The molecule has 0 aromatic rings. The van der Waals surface area contributed by atoms with Crippen LogP contribution in [0, 0.1) is 0 Å². The Hall–Kier alpha value is -0.990. The molecule has 0 fully saturated rings. The van der Waals surface area contributed by atoms with Crippen LogP contribution < -0.4 is 5.73 Å². The summed E-state index contributed by atoms with van der Waals surface area (Å²) in [6, 6.07) is 0. The fourth-order valence-electron chi connectivity index (χ4n) is 0.451. The molecule has 3 nitrogen and oxygen atoms in total. The smallest absolute Gasteiger partial charge is 0.245 e. The number of nitrogens with two attached hydrogens (primary N) is 1. The van der Waals surface area contributed by atoms with Crippen molar-refractivity contribution in [2.75, 3.05) is 14.1 Å². The molecule has 0 spiro atoms. The van der Waals surface area contributed by atoms with E-state index in [0.717, 1.165) is 0 Å². The molecule has 0 bridgehead atoms. The average molecular weight is 128 g/mol. The highest BCUT2D eigenvalue weighted by Gasteiger charge is 1.94. The van der Waals surface area contributed by atoms with Crippen LogP contribution in [-0.2, 0) is 4.79 Å². The van der Waals surface area contributed by atoms with Gasteiger partial charge in [-0.2, -0.15) is 0 Å². The van der Waals surface area contributed by atoms with E-state index in [1.807, 2.05) is 14.1 Å². The fourth-order valence-corrected chi connectivity index (χ4v) is 0.451. The fraction of sp³-hybridized carbons (Fsp3) is 0.500. The molecule has 52 valence electrons. The summed E-state index contributed by atoms with van der Waals surface area (Å²) in [7, 11) is 3.68. The van der Waals surface area contributed by atoms with Gasteiger partial charge in [0, 0.05) is 25.9 Å². The summed E-state index contributed by atoms with van der Waals surface area (Å²) in [6.45, 7) is 1.68. The van der Waals surface area contributed by atoms with Crippen molar-refractivity contribution in [3.05, 3.63) is 11.8 Å². The zero-order valence-corrected chi connectivity index (χ0v) is 6.01. The normalized spacial score (nSPS) is 11.2. The van der Waals surface area contributed by atoms with Gasteiger partial charge >= 0.3 is 0 Å². The summed E-state index contributed by atoms with van der Waals surface area (Å²) in [6.07, 6.45) is 1.68. The zero-order chi connectivity index (χ0) is 7.44. The van der Waals surface area contributed by atoms with Crippen LogP contribution in [0.5, 0.6) is 0 Å². The molecule has 0 rings (SSSR count). The van der Waals surface area contributed by atoms with Crippen molar-refractivity contribution in [2.45, 2.75) is 6.92 Å². The second kappa shape index (κ2) is 3.12. The van der Waals surface area contributed by atoms with Crippen LogP contribution in [0.25, 0.3) is 0 Å². The van der Waals surface area contributed by atoms with Crippen LogP contribution in [-0.4, -0.2) is 24.9 Å². The van der Waals surface area contributed by atoms with Gasteiger partial charge in [0.2, 0.25) is 5.91 Å². The molecule has 0 saturated carbocycles. The lowest BCUT2D eigenvalue weighted by Crippen LogP contribution is -2.14. The second-order valence-electron chi connectivity index (χ2n) is 2.14. The minimum absolute atomic E-state index is 0.372. The number of amides is 1. The molecule has 0 aromatic carbocycles. The maximum atomic E-state index is 10.4. The van der Waals surface area contributed by atoms with Gasteiger partial charge in [0.05, 0.1) is 0 Å². The lowest BCUT2D eigenvalue weighted by atomic mass is 10.3. The van der Waals surface area contributed by atoms with E-state index in [-0.39, 0.29) is 5.91 Å². The zero-order valence-electron chi connectivity index (χ0n) is 6.01. The Morgan fingerprint density at radius 3 is 2.11 bits per heavy atom. The van der Waals surface area contributed by atoms with E-state index >= 15 is 0 Å². The van der Waals surface area contributed by atoms with Crippen molar-refractivity contribution in [2.24, 2.45) is 5.73 Å². The Morgan fingerprint density at radius 1 is 1.56 bits per heavy atom. The highest BCUT2D eigenvalue weighted by atomic mass is 16.1. The first kappa shape index (κ1) is 8.01. The molecule has 0 radical (unpaired) electrons. The van der Waals surface area contributed by atoms with Crippen molar-refractivity contribution in [3.8, 4) is 0 Å². The Balaban J connectivity index is 4.00. The summed E-state index contributed by atoms with van der Waals surface area (Å²) in [4.78, 5) is 12.1. The molecule has 2 N–H and O–H groups in total. The van der Waals surface area contributed by atoms with Gasteiger partial charge in [-0.25, -0.2) is 0 Å². The maximum absolute atomic E-state index is 10.4. The van der Waals surface area contributed by atoms with Gasteiger partial charge < -0.3 is 10.6 Å². The van der Waals surface area contributed by atoms with E-state index < -0.39 is 0 Å². The Bertz CT molecular complexity index is 138. The van der Waals surface area contributed by atoms with Gasteiger partial charge in [-0.1, -0.05) is 0 Å².